The number of carbonyl (C=O) groups excluding carboxylic acids is 2. The van der Waals surface area contributed by atoms with Crippen molar-refractivity contribution < 1.29 is 43.2 Å². The van der Waals surface area contributed by atoms with Crippen LogP contribution in [0.1, 0.15) is 57.9 Å². The number of carbonyl (C=O) groups is 3. The Balaban J connectivity index is 0.000000274. The summed E-state index contributed by atoms with van der Waals surface area (Å²) < 4.78 is 27.3. The number of allylic oxidation sites excluding steroid dienone is 2. The summed E-state index contributed by atoms with van der Waals surface area (Å²) in [5, 5.41) is 8.93. The fraction of sp³-hybridized carbons (Fsp3) is 0.594. The molecule has 1 aromatic rings. The molecule has 0 aromatic heterocycles. The van der Waals surface area contributed by atoms with Crippen molar-refractivity contribution in [3.63, 3.8) is 0 Å². The van der Waals surface area contributed by atoms with Crippen LogP contribution in [0.3, 0.4) is 0 Å². The monoisotopic (exact) mass is 587 g/mol. The van der Waals surface area contributed by atoms with Crippen molar-refractivity contribution in [3.8, 4) is 0 Å². The van der Waals surface area contributed by atoms with Crippen molar-refractivity contribution in [3.05, 3.63) is 61.2 Å². The first-order chi connectivity index (χ1) is 20.1. The molecule has 1 aromatic carbocycles. The minimum atomic E-state index is -0.781. The number of hydrogen-bond donors (Lipinski definition) is 1. The Bertz CT molecular complexity index is 1050. The SMILES string of the molecule is C=CC[C@@H](CCC1(C)OCCO1)C(=O)N1C(=O)OC[C@@H]1Cc1ccccc1.C=CC[C@@H](CCC1(C)OCCO1)C(=O)O. The van der Waals surface area contributed by atoms with Crippen LogP contribution < -0.4 is 0 Å². The molecule has 0 saturated carbocycles. The van der Waals surface area contributed by atoms with Gasteiger partial charge in [-0.1, -0.05) is 42.5 Å². The van der Waals surface area contributed by atoms with Gasteiger partial charge in [-0.05, 0) is 51.5 Å². The van der Waals surface area contributed by atoms with Crippen molar-refractivity contribution in [1.29, 1.82) is 0 Å². The van der Waals surface area contributed by atoms with Crippen LogP contribution in [-0.4, -0.2) is 78.6 Å². The molecule has 3 saturated heterocycles. The Hall–Kier alpha value is -3.05. The predicted molar refractivity (Wildman–Crippen MR) is 155 cm³/mol. The third kappa shape index (κ3) is 9.76. The Labute approximate surface area is 248 Å². The molecule has 3 aliphatic rings. The highest BCUT2D eigenvalue weighted by Gasteiger charge is 2.41. The Kier molecular flexibility index (Phi) is 12.7. The van der Waals surface area contributed by atoms with Gasteiger partial charge in [0.1, 0.15) is 6.61 Å². The summed E-state index contributed by atoms with van der Waals surface area (Å²) in [6.07, 6.45) is 6.68. The summed E-state index contributed by atoms with van der Waals surface area (Å²) in [5.74, 6) is -2.97. The first kappa shape index (κ1) is 33.5. The van der Waals surface area contributed by atoms with E-state index in [0.717, 1.165) is 5.56 Å². The summed E-state index contributed by atoms with van der Waals surface area (Å²) in [4.78, 5) is 37.6. The molecule has 3 atom stereocenters. The zero-order valence-corrected chi connectivity index (χ0v) is 24.8. The average Bonchev–Trinajstić information content (AvgIpc) is 3.70. The fourth-order valence-electron chi connectivity index (χ4n) is 5.33. The number of amides is 2. The van der Waals surface area contributed by atoms with Crippen LogP contribution in [0.2, 0.25) is 0 Å². The molecule has 0 radical (unpaired) electrons. The second-order valence-electron chi connectivity index (χ2n) is 11.1. The molecule has 232 valence electrons. The molecule has 10 heteroatoms. The van der Waals surface area contributed by atoms with Crippen LogP contribution in [0.15, 0.2) is 55.6 Å². The summed E-state index contributed by atoms with van der Waals surface area (Å²) in [6.45, 7) is 13.6. The van der Waals surface area contributed by atoms with E-state index in [0.29, 0.717) is 71.4 Å². The number of nitrogens with zero attached hydrogens (tertiary/aromatic N) is 1. The van der Waals surface area contributed by atoms with Gasteiger partial charge in [0.25, 0.3) is 0 Å². The van der Waals surface area contributed by atoms with Crippen molar-refractivity contribution in [2.75, 3.05) is 33.0 Å². The molecule has 3 heterocycles. The molecule has 4 rings (SSSR count). The third-order valence-corrected chi connectivity index (χ3v) is 7.80. The Morgan fingerprint density at radius 3 is 1.93 bits per heavy atom. The minimum absolute atomic E-state index is 0.208. The predicted octanol–water partition coefficient (Wildman–Crippen LogP) is 5.12. The van der Waals surface area contributed by atoms with Crippen LogP contribution in [0.25, 0.3) is 0 Å². The lowest BCUT2D eigenvalue weighted by molar-refractivity contribution is -0.154. The molecule has 0 unspecified atom stereocenters. The lowest BCUT2D eigenvalue weighted by Crippen LogP contribution is -2.44. The normalized spacial score (nSPS) is 22.0. The third-order valence-electron chi connectivity index (χ3n) is 7.80. The topological polar surface area (TPSA) is 121 Å². The highest BCUT2D eigenvalue weighted by Crippen LogP contribution is 2.30. The summed E-state index contributed by atoms with van der Waals surface area (Å²) >= 11 is 0. The van der Waals surface area contributed by atoms with Crippen molar-refractivity contribution >= 4 is 18.0 Å². The molecule has 0 spiro atoms. The van der Waals surface area contributed by atoms with E-state index in [4.69, 9.17) is 28.8 Å². The summed E-state index contributed by atoms with van der Waals surface area (Å²) in [5.41, 5.74) is 1.07. The zero-order chi connectivity index (χ0) is 30.6. The fourth-order valence-corrected chi connectivity index (χ4v) is 5.33. The summed E-state index contributed by atoms with van der Waals surface area (Å²) in [7, 11) is 0. The van der Waals surface area contributed by atoms with E-state index in [1.54, 1.807) is 12.2 Å². The number of benzene rings is 1. The first-order valence-electron chi connectivity index (χ1n) is 14.6. The van der Waals surface area contributed by atoms with Gasteiger partial charge in [-0.3, -0.25) is 9.59 Å². The van der Waals surface area contributed by atoms with E-state index in [9.17, 15) is 14.4 Å². The highest BCUT2D eigenvalue weighted by molar-refractivity contribution is 5.94. The maximum atomic E-state index is 13.2. The zero-order valence-electron chi connectivity index (χ0n) is 24.8. The number of hydrogen-bond acceptors (Lipinski definition) is 8. The van der Waals surface area contributed by atoms with Gasteiger partial charge in [-0.25, -0.2) is 9.69 Å². The van der Waals surface area contributed by atoms with Gasteiger partial charge in [0.15, 0.2) is 11.6 Å². The van der Waals surface area contributed by atoms with Crippen molar-refractivity contribution in [2.24, 2.45) is 11.8 Å². The number of cyclic esters (lactones) is 1. The van der Waals surface area contributed by atoms with Crippen molar-refractivity contribution in [1.82, 2.24) is 4.90 Å². The molecule has 2 amide bonds. The van der Waals surface area contributed by atoms with Gasteiger partial charge in [0.2, 0.25) is 5.91 Å². The first-order valence-corrected chi connectivity index (χ1v) is 14.6. The molecule has 0 aliphatic carbocycles. The second-order valence-corrected chi connectivity index (χ2v) is 11.1. The van der Waals surface area contributed by atoms with E-state index in [2.05, 4.69) is 13.2 Å². The van der Waals surface area contributed by atoms with E-state index in [1.165, 1.54) is 4.90 Å². The number of rotatable bonds is 14. The van der Waals surface area contributed by atoms with Gasteiger partial charge < -0.3 is 28.8 Å². The lowest BCUT2D eigenvalue weighted by Gasteiger charge is -2.27. The lowest BCUT2D eigenvalue weighted by atomic mass is 9.94. The van der Waals surface area contributed by atoms with Gasteiger partial charge in [0.05, 0.1) is 38.4 Å². The minimum Gasteiger partial charge on any atom is -0.481 e. The quantitative estimate of drug-likeness (QED) is 0.296. The highest BCUT2D eigenvalue weighted by atomic mass is 16.7. The molecule has 3 fully saturated rings. The standard InChI is InChI=1S/C21H27NO5.C11H18O4/c1-3-7-17(10-11-21(2)26-12-13-27-21)19(23)22-18(15-25-20(22)24)14-16-8-5-4-6-9-16;1-3-4-9(10(12)13)5-6-11(2)14-7-8-15-11/h3-6,8-9,17-18H,1,7,10-15H2,2H3;3,9H,1,4-8H2,2H3,(H,12,13)/t17-,18-;9-/m00/s1. The Morgan fingerprint density at radius 2 is 1.43 bits per heavy atom. The van der Waals surface area contributed by atoms with E-state index >= 15 is 0 Å². The van der Waals surface area contributed by atoms with E-state index in [1.807, 2.05) is 44.2 Å². The Morgan fingerprint density at radius 1 is 0.929 bits per heavy atom. The van der Waals surface area contributed by atoms with Crippen LogP contribution in [0, 0.1) is 11.8 Å². The number of ether oxygens (including phenoxy) is 5. The van der Waals surface area contributed by atoms with Gasteiger partial charge >= 0.3 is 12.1 Å². The maximum absolute atomic E-state index is 13.2. The smallest absolute Gasteiger partial charge is 0.416 e. The number of carboxylic acids is 1. The number of aliphatic carboxylic acids is 1. The molecular weight excluding hydrogens is 542 g/mol. The molecular formula is C32H45NO9. The van der Waals surface area contributed by atoms with Crippen LogP contribution in [-0.2, 0) is 39.7 Å². The number of carboxylic acid groups (broad SMARTS) is 1. The van der Waals surface area contributed by atoms with Crippen molar-refractivity contribution in [2.45, 2.75) is 76.4 Å². The molecule has 3 aliphatic heterocycles. The van der Waals surface area contributed by atoms with Crippen LogP contribution in [0.5, 0.6) is 0 Å². The van der Waals surface area contributed by atoms with Gasteiger partial charge in [-0.15, -0.1) is 13.2 Å². The maximum Gasteiger partial charge on any atom is 0.416 e. The average molecular weight is 588 g/mol. The van der Waals surface area contributed by atoms with E-state index < -0.39 is 23.6 Å². The molecule has 10 nitrogen and oxygen atoms in total. The van der Waals surface area contributed by atoms with Crippen LogP contribution in [0.4, 0.5) is 4.79 Å². The number of imide groups is 1. The van der Waals surface area contributed by atoms with Crippen LogP contribution >= 0.6 is 0 Å². The van der Waals surface area contributed by atoms with Gasteiger partial charge in [-0.2, -0.15) is 0 Å². The molecule has 42 heavy (non-hydrogen) atoms. The molecule has 0 bridgehead atoms. The molecule has 1 N–H and O–H groups in total. The van der Waals surface area contributed by atoms with E-state index in [-0.39, 0.29) is 30.4 Å². The van der Waals surface area contributed by atoms with Gasteiger partial charge in [0, 0.05) is 18.8 Å². The summed E-state index contributed by atoms with van der Waals surface area (Å²) in [6, 6.07) is 9.53. The largest absolute Gasteiger partial charge is 0.481 e. The second kappa shape index (κ2) is 16.0.